The topological polar surface area (TPSA) is 265 Å². The van der Waals surface area contributed by atoms with E-state index in [0.29, 0.717) is 12.8 Å². The summed E-state index contributed by atoms with van der Waals surface area (Å²) < 4.78 is 56.7. The molecule has 5 unspecified atom stereocenters. The Hall–Kier alpha value is -2.24. The van der Waals surface area contributed by atoms with E-state index in [4.69, 9.17) is 29.0 Å². The average Bonchev–Trinajstić information content (AvgIpc) is 3.52. The van der Waals surface area contributed by atoms with Gasteiger partial charge in [0, 0.05) is 19.0 Å². The molecule has 9 atom stereocenters. The van der Waals surface area contributed by atoms with E-state index >= 15 is 0 Å². The highest BCUT2D eigenvalue weighted by molar-refractivity contribution is 7.61. The third kappa shape index (κ3) is 25.6. The van der Waals surface area contributed by atoms with Crippen molar-refractivity contribution >= 4 is 33.4 Å². The Morgan fingerprint density at radius 1 is 0.734 bits per heavy atom. The summed E-state index contributed by atoms with van der Waals surface area (Å²) >= 11 is 0. The van der Waals surface area contributed by atoms with E-state index < -0.39 is 83.7 Å². The Kier molecular flexibility index (Phi) is 29.4. The third-order valence-corrected chi connectivity index (χ3v) is 14.4. The third-order valence-electron chi connectivity index (χ3n) is 11.8. The molecule has 18 nitrogen and oxygen atoms in total. The molecule has 20 heteroatoms. The van der Waals surface area contributed by atoms with Crippen molar-refractivity contribution in [1.82, 2.24) is 9.55 Å². The van der Waals surface area contributed by atoms with Crippen molar-refractivity contribution in [3.05, 3.63) is 22.7 Å². The number of carbonyl (C=O) groups excluding carboxylic acids is 2. The molecule has 2 rings (SSSR count). The van der Waals surface area contributed by atoms with Crippen LogP contribution in [0.2, 0.25) is 0 Å². The zero-order chi connectivity index (χ0) is 47.4. The zero-order valence-electron chi connectivity index (χ0n) is 38.9. The Balaban J connectivity index is 1.83. The highest BCUT2D eigenvalue weighted by Crippen LogP contribution is 2.60. The molecule has 2 heterocycles. The number of hydrogen-bond donors (Lipinski definition) is 5. The monoisotopic (exact) mass is 954 g/mol. The quantitative estimate of drug-likeness (QED) is 0.0235. The molecule has 0 bridgehead atoms. The lowest BCUT2D eigenvalue weighted by Gasteiger charge is -2.21. The number of phosphoric ester groups is 2. The lowest BCUT2D eigenvalue weighted by molar-refractivity contribution is -0.161. The normalized spacial score (nSPS) is 20.9. The van der Waals surface area contributed by atoms with Crippen molar-refractivity contribution < 1.29 is 66.3 Å². The second-order valence-corrected chi connectivity index (χ2v) is 20.5. The summed E-state index contributed by atoms with van der Waals surface area (Å²) in [6, 6.07) is 1.25. The van der Waals surface area contributed by atoms with Crippen LogP contribution in [-0.4, -0.2) is 85.7 Å². The molecule has 6 N–H and O–H groups in total. The second-order valence-electron chi connectivity index (χ2n) is 17.5. The van der Waals surface area contributed by atoms with Gasteiger partial charge in [-0.3, -0.25) is 23.2 Å². The van der Waals surface area contributed by atoms with Crippen LogP contribution < -0.4 is 11.4 Å². The van der Waals surface area contributed by atoms with Crippen LogP contribution in [0.15, 0.2) is 17.1 Å². The molecule has 1 aromatic heterocycles. The van der Waals surface area contributed by atoms with Crippen LogP contribution in [0.1, 0.15) is 188 Å². The minimum Gasteiger partial charge on any atom is -0.462 e. The lowest BCUT2D eigenvalue weighted by Crippen LogP contribution is -2.36. The maximum atomic E-state index is 12.8. The number of esters is 2. The van der Waals surface area contributed by atoms with E-state index in [1.807, 2.05) is 0 Å². The van der Waals surface area contributed by atoms with Crippen molar-refractivity contribution in [2.45, 2.75) is 212 Å². The lowest BCUT2D eigenvalue weighted by atomic mass is 9.99. The molecule has 0 radical (unpaired) electrons. The molecule has 64 heavy (non-hydrogen) atoms. The number of nitrogen functional groups attached to an aromatic ring is 1. The van der Waals surface area contributed by atoms with Gasteiger partial charge in [-0.25, -0.2) is 13.9 Å². The maximum absolute atomic E-state index is 12.8. The molecule has 0 aliphatic carbocycles. The fourth-order valence-electron chi connectivity index (χ4n) is 7.27. The largest absolute Gasteiger partial charge is 0.481 e. The van der Waals surface area contributed by atoms with E-state index in [9.17, 15) is 43.5 Å². The van der Waals surface area contributed by atoms with E-state index in [1.54, 1.807) is 0 Å². The smallest absolute Gasteiger partial charge is 0.462 e. The standard InChI is InChI=1S/C44H81N3O15P2/c1-5-34(3)25-21-17-13-9-7-8-10-16-20-24-28-40(49)60-36(31-57-39(48)27-23-19-15-12-11-14-18-22-26-35(4)6-2)32-58-63(53,54)62-64(55,56)59-33-37-41(50)42(51)43(61-37)47-30-29-38(45)46-44(47)52/h29-30,34-37,41-43,50-51H,5-28,31-33H2,1-4H3,(H,53,54)(H,55,56)(H2,45,46,52)/t34?,35?,36-,37-,41+,42?,43-/m1/s1. The van der Waals surface area contributed by atoms with Crippen LogP contribution in [0, 0.1) is 11.8 Å². The first-order chi connectivity index (χ1) is 30.5. The summed E-state index contributed by atoms with van der Waals surface area (Å²) in [7, 11) is -10.8. The van der Waals surface area contributed by atoms with E-state index in [0.717, 1.165) is 67.8 Å². The highest BCUT2D eigenvalue weighted by Gasteiger charge is 2.46. The van der Waals surface area contributed by atoms with Gasteiger partial charge in [-0.05, 0) is 30.7 Å². The summed E-state index contributed by atoms with van der Waals surface area (Å²) in [6.07, 6.45) is 17.8. The van der Waals surface area contributed by atoms with E-state index in [1.165, 1.54) is 89.3 Å². The van der Waals surface area contributed by atoms with Crippen LogP contribution >= 0.6 is 15.6 Å². The molecule has 1 aromatic rings. The number of aromatic nitrogens is 2. The summed E-state index contributed by atoms with van der Waals surface area (Å²) in [5, 5.41) is 20.9. The fourth-order valence-corrected chi connectivity index (χ4v) is 9.38. The number of carbonyl (C=O) groups is 2. The molecular weight excluding hydrogens is 872 g/mol. The molecule has 1 aliphatic rings. The Labute approximate surface area is 380 Å². The number of nitrogens with zero attached hydrogens (tertiary/aromatic N) is 2. The van der Waals surface area contributed by atoms with Crippen LogP contribution in [0.4, 0.5) is 5.82 Å². The van der Waals surface area contributed by atoms with Gasteiger partial charge in [-0.2, -0.15) is 9.29 Å². The first kappa shape index (κ1) is 57.9. The number of anilines is 1. The summed E-state index contributed by atoms with van der Waals surface area (Å²) in [5.74, 6) is 0.288. The maximum Gasteiger partial charge on any atom is 0.481 e. The van der Waals surface area contributed by atoms with Crippen molar-refractivity contribution in [3.63, 3.8) is 0 Å². The molecular formula is C44H81N3O15P2. The molecule has 1 aliphatic heterocycles. The van der Waals surface area contributed by atoms with Crippen molar-refractivity contribution in [2.24, 2.45) is 11.8 Å². The SMILES string of the molecule is CCC(C)CCCCCCCCCCCCC(=O)O[C@H](COC(=O)CCCCCCCCCCC(C)CC)COP(=O)(O)OP(=O)(O)OC[C@H]1O[C@@H](n2ccc(N)nc2=O)C(O)[C@H]1O. The van der Waals surface area contributed by atoms with Crippen molar-refractivity contribution in [3.8, 4) is 0 Å². The van der Waals surface area contributed by atoms with E-state index in [-0.39, 0.29) is 18.7 Å². The Morgan fingerprint density at radius 2 is 1.20 bits per heavy atom. The highest BCUT2D eigenvalue weighted by atomic mass is 31.3. The summed E-state index contributed by atoms with van der Waals surface area (Å²) in [5.41, 5.74) is 4.58. The molecule has 372 valence electrons. The number of aliphatic hydroxyl groups is 2. The first-order valence-electron chi connectivity index (χ1n) is 23.8. The number of ether oxygens (including phenoxy) is 3. The number of unbranched alkanes of at least 4 members (excludes halogenated alkanes) is 16. The molecule has 0 amide bonds. The Morgan fingerprint density at radius 3 is 1.70 bits per heavy atom. The minimum atomic E-state index is -5.41. The van der Waals surface area contributed by atoms with Gasteiger partial charge >= 0.3 is 33.3 Å². The second kappa shape index (κ2) is 32.5. The average molecular weight is 954 g/mol. The number of phosphoric acid groups is 2. The summed E-state index contributed by atoms with van der Waals surface area (Å²) in [4.78, 5) is 61.7. The van der Waals surface area contributed by atoms with Gasteiger partial charge < -0.3 is 39.9 Å². The van der Waals surface area contributed by atoms with Gasteiger partial charge in [0.1, 0.15) is 30.7 Å². The molecule has 0 spiro atoms. The predicted octanol–water partition coefficient (Wildman–Crippen LogP) is 8.82. The van der Waals surface area contributed by atoms with E-state index in [2.05, 4.69) is 37.0 Å². The molecule has 0 aromatic carbocycles. The van der Waals surface area contributed by atoms with Crippen LogP contribution in [0.25, 0.3) is 0 Å². The van der Waals surface area contributed by atoms with Gasteiger partial charge in [-0.15, -0.1) is 0 Å². The Bertz CT molecular complexity index is 1600. The fraction of sp³-hybridized carbons (Fsp3) is 0.864. The van der Waals surface area contributed by atoms with Crippen LogP contribution in [-0.2, 0) is 46.3 Å². The van der Waals surface area contributed by atoms with Gasteiger partial charge in [0.05, 0.1) is 13.2 Å². The van der Waals surface area contributed by atoms with Crippen LogP contribution in [0.5, 0.6) is 0 Å². The van der Waals surface area contributed by atoms with Gasteiger partial charge in [-0.1, -0.05) is 156 Å². The molecule has 1 saturated heterocycles. The van der Waals surface area contributed by atoms with Gasteiger partial charge in [0.2, 0.25) is 0 Å². The molecule has 0 saturated carbocycles. The first-order valence-corrected chi connectivity index (χ1v) is 26.8. The number of hydrogen-bond acceptors (Lipinski definition) is 15. The number of nitrogens with two attached hydrogens (primary N) is 1. The predicted molar refractivity (Wildman–Crippen MR) is 243 cm³/mol. The van der Waals surface area contributed by atoms with Crippen molar-refractivity contribution in [2.75, 3.05) is 25.6 Å². The molecule has 1 fully saturated rings. The van der Waals surface area contributed by atoms with Gasteiger partial charge in [0.25, 0.3) is 0 Å². The summed E-state index contributed by atoms with van der Waals surface area (Å²) in [6.45, 7) is 6.76. The van der Waals surface area contributed by atoms with Crippen molar-refractivity contribution in [1.29, 1.82) is 0 Å². The van der Waals surface area contributed by atoms with Crippen LogP contribution in [0.3, 0.4) is 0 Å². The number of rotatable bonds is 38. The zero-order valence-corrected chi connectivity index (χ0v) is 40.7. The minimum absolute atomic E-state index is 0.0551. The number of aliphatic hydroxyl groups excluding tert-OH is 2. The van der Waals surface area contributed by atoms with Gasteiger partial charge in [0.15, 0.2) is 12.3 Å².